The standard InChI is InChI=1S/C13H24O4/c1-14-11(15-2)10-7-9-5-6-13(10,8-9)12(16-3)17-4/h9-12H,5-8H2,1-4H3/t9-,10+,13+/m0/s1. The van der Waals surface area contributed by atoms with Crippen LogP contribution in [-0.2, 0) is 18.9 Å². The van der Waals surface area contributed by atoms with E-state index in [1.807, 2.05) is 0 Å². The minimum atomic E-state index is -0.146. The summed E-state index contributed by atoms with van der Waals surface area (Å²) in [6, 6.07) is 0. The fourth-order valence-electron chi connectivity index (χ4n) is 4.11. The maximum atomic E-state index is 5.54. The molecule has 2 aliphatic rings. The molecule has 2 fully saturated rings. The van der Waals surface area contributed by atoms with Crippen molar-refractivity contribution >= 4 is 0 Å². The molecule has 2 bridgehead atoms. The molecule has 0 amide bonds. The molecule has 0 spiro atoms. The quantitative estimate of drug-likeness (QED) is 0.670. The number of rotatable bonds is 6. The Hall–Kier alpha value is -0.160. The molecule has 17 heavy (non-hydrogen) atoms. The summed E-state index contributed by atoms with van der Waals surface area (Å²) in [7, 11) is 6.87. The van der Waals surface area contributed by atoms with Gasteiger partial charge < -0.3 is 18.9 Å². The molecule has 0 aliphatic heterocycles. The lowest BCUT2D eigenvalue weighted by molar-refractivity contribution is -0.234. The summed E-state index contributed by atoms with van der Waals surface area (Å²) in [5.74, 6) is 1.15. The van der Waals surface area contributed by atoms with Crippen LogP contribution in [0.2, 0.25) is 0 Å². The van der Waals surface area contributed by atoms with E-state index in [0.717, 1.165) is 18.8 Å². The number of ether oxygens (including phenoxy) is 4. The molecule has 0 radical (unpaired) electrons. The SMILES string of the molecule is COC(OC)[C@H]1C[C@@H]2CC[C@@]1(C(OC)OC)C2. The van der Waals surface area contributed by atoms with E-state index >= 15 is 0 Å². The van der Waals surface area contributed by atoms with Crippen molar-refractivity contribution in [3.05, 3.63) is 0 Å². The zero-order chi connectivity index (χ0) is 12.5. The second-order valence-electron chi connectivity index (χ2n) is 5.33. The molecule has 0 aromatic heterocycles. The molecule has 100 valence electrons. The third-order valence-corrected chi connectivity index (χ3v) is 4.70. The van der Waals surface area contributed by atoms with Gasteiger partial charge in [0.25, 0.3) is 0 Å². The van der Waals surface area contributed by atoms with Gasteiger partial charge in [-0.3, -0.25) is 0 Å². The lowest BCUT2D eigenvalue weighted by Crippen LogP contribution is -2.46. The van der Waals surface area contributed by atoms with Gasteiger partial charge >= 0.3 is 0 Å². The first kappa shape index (κ1) is 13.3. The molecule has 4 nitrogen and oxygen atoms in total. The molecule has 0 N–H and O–H groups in total. The third-order valence-electron chi connectivity index (χ3n) is 4.70. The predicted molar refractivity (Wildman–Crippen MR) is 63.5 cm³/mol. The smallest absolute Gasteiger partial charge is 0.162 e. The Morgan fingerprint density at radius 1 is 1.00 bits per heavy atom. The Kier molecular flexibility index (Phi) is 4.08. The molecule has 0 aromatic carbocycles. The fourth-order valence-corrected chi connectivity index (χ4v) is 4.11. The summed E-state index contributed by atoms with van der Waals surface area (Å²) in [6.07, 6.45) is 4.47. The first-order valence-corrected chi connectivity index (χ1v) is 6.33. The van der Waals surface area contributed by atoms with Crippen LogP contribution in [0.3, 0.4) is 0 Å². The summed E-state index contributed by atoms with van der Waals surface area (Å²) in [4.78, 5) is 0. The highest BCUT2D eigenvalue weighted by atomic mass is 16.7. The lowest BCUT2D eigenvalue weighted by atomic mass is 9.73. The van der Waals surface area contributed by atoms with Gasteiger partial charge in [0, 0.05) is 39.8 Å². The highest BCUT2D eigenvalue weighted by molar-refractivity contribution is 5.04. The van der Waals surface area contributed by atoms with Crippen LogP contribution in [0.25, 0.3) is 0 Å². The van der Waals surface area contributed by atoms with Gasteiger partial charge in [-0.15, -0.1) is 0 Å². The zero-order valence-electron chi connectivity index (χ0n) is 11.3. The summed E-state index contributed by atoms with van der Waals surface area (Å²) < 4.78 is 22.0. The van der Waals surface area contributed by atoms with Crippen LogP contribution in [0.15, 0.2) is 0 Å². The van der Waals surface area contributed by atoms with Gasteiger partial charge in [-0.05, 0) is 31.6 Å². The van der Waals surface area contributed by atoms with Crippen molar-refractivity contribution in [2.45, 2.75) is 38.3 Å². The van der Waals surface area contributed by atoms with E-state index in [1.54, 1.807) is 28.4 Å². The van der Waals surface area contributed by atoms with Crippen molar-refractivity contribution in [1.82, 2.24) is 0 Å². The summed E-state index contributed by atoms with van der Waals surface area (Å²) in [5, 5.41) is 0. The Labute approximate surface area is 104 Å². The van der Waals surface area contributed by atoms with Crippen molar-refractivity contribution in [2.24, 2.45) is 17.3 Å². The minimum Gasteiger partial charge on any atom is -0.356 e. The van der Waals surface area contributed by atoms with Crippen molar-refractivity contribution in [1.29, 1.82) is 0 Å². The molecule has 3 atom stereocenters. The fraction of sp³-hybridized carbons (Fsp3) is 1.00. The van der Waals surface area contributed by atoms with Gasteiger partial charge in [0.2, 0.25) is 0 Å². The van der Waals surface area contributed by atoms with Crippen LogP contribution in [0, 0.1) is 17.3 Å². The lowest BCUT2D eigenvalue weighted by Gasteiger charge is -2.42. The normalized spacial score (nSPS) is 36.4. The Morgan fingerprint density at radius 2 is 1.65 bits per heavy atom. The second-order valence-corrected chi connectivity index (χ2v) is 5.33. The van der Waals surface area contributed by atoms with Crippen LogP contribution >= 0.6 is 0 Å². The molecule has 0 saturated heterocycles. The summed E-state index contributed by atoms with van der Waals surface area (Å²) in [5.41, 5.74) is 0.0743. The monoisotopic (exact) mass is 244 g/mol. The van der Waals surface area contributed by atoms with Gasteiger partial charge in [0.15, 0.2) is 12.6 Å². The van der Waals surface area contributed by atoms with Gasteiger partial charge in [-0.1, -0.05) is 0 Å². The number of hydrogen-bond donors (Lipinski definition) is 0. The first-order chi connectivity index (χ1) is 8.21. The van der Waals surface area contributed by atoms with E-state index in [4.69, 9.17) is 18.9 Å². The number of methoxy groups -OCH3 is 4. The van der Waals surface area contributed by atoms with E-state index in [-0.39, 0.29) is 18.0 Å². The minimum absolute atomic E-state index is 0.0743. The largest absolute Gasteiger partial charge is 0.356 e. The molecule has 0 unspecified atom stereocenters. The predicted octanol–water partition coefficient (Wildman–Crippen LogP) is 2.03. The van der Waals surface area contributed by atoms with E-state index in [1.165, 1.54) is 12.8 Å². The molecular formula is C13H24O4. The van der Waals surface area contributed by atoms with Gasteiger partial charge in [-0.2, -0.15) is 0 Å². The molecule has 4 heteroatoms. The maximum Gasteiger partial charge on any atom is 0.162 e. The molecule has 0 aromatic rings. The van der Waals surface area contributed by atoms with Gasteiger partial charge in [0.05, 0.1) is 0 Å². The molecular weight excluding hydrogens is 220 g/mol. The van der Waals surface area contributed by atoms with Crippen molar-refractivity contribution in [3.8, 4) is 0 Å². The second kappa shape index (κ2) is 5.22. The van der Waals surface area contributed by atoms with Crippen molar-refractivity contribution in [3.63, 3.8) is 0 Å². The molecule has 2 saturated carbocycles. The summed E-state index contributed by atoms with van der Waals surface area (Å²) >= 11 is 0. The van der Waals surface area contributed by atoms with Crippen LogP contribution in [0.5, 0.6) is 0 Å². The molecule has 0 heterocycles. The van der Waals surface area contributed by atoms with Crippen molar-refractivity contribution in [2.75, 3.05) is 28.4 Å². The van der Waals surface area contributed by atoms with E-state index < -0.39 is 0 Å². The van der Waals surface area contributed by atoms with Crippen LogP contribution < -0.4 is 0 Å². The summed E-state index contributed by atoms with van der Waals surface area (Å²) in [6.45, 7) is 0. The first-order valence-electron chi connectivity index (χ1n) is 6.33. The number of hydrogen-bond acceptors (Lipinski definition) is 4. The van der Waals surface area contributed by atoms with Crippen LogP contribution in [-0.4, -0.2) is 41.0 Å². The van der Waals surface area contributed by atoms with Crippen molar-refractivity contribution < 1.29 is 18.9 Å². The van der Waals surface area contributed by atoms with Gasteiger partial charge in [-0.25, -0.2) is 0 Å². The Balaban J connectivity index is 2.21. The number of fused-ring (bicyclic) bond motifs is 2. The average molecular weight is 244 g/mol. The topological polar surface area (TPSA) is 36.9 Å². The van der Waals surface area contributed by atoms with E-state index in [9.17, 15) is 0 Å². The van der Waals surface area contributed by atoms with Crippen LogP contribution in [0.1, 0.15) is 25.7 Å². The zero-order valence-corrected chi connectivity index (χ0v) is 11.3. The van der Waals surface area contributed by atoms with Crippen LogP contribution in [0.4, 0.5) is 0 Å². The van der Waals surface area contributed by atoms with E-state index in [0.29, 0.717) is 5.92 Å². The Morgan fingerprint density at radius 3 is 2.12 bits per heavy atom. The highest BCUT2D eigenvalue weighted by Crippen LogP contribution is 2.61. The molecule has 2 rings (SSSR count). The van der Waals surface area contributed by atoms with E-state index in [2.05, 4.69) is 0 Å². The average Bonchev–Trinajstić information content (AvgIpc) is 2.91. The highest BCUT2D eigenvalue weighted by Gasteiger charge is 2.59. The molecule has 2 aliphatic carbocycles. The maximum absolute atomic E-state index is 5.54. The Bertz CT molecular complexity index is 250. The third kappa shape index (κ3) is 2.01. The van der Waals surface area contributed by atoms with Gasteiger partial charge in [0.1, 0.15) is 0 Å².